The molecule has 1 amide bonds. The molecule has 3 rings (SSSR count). The van der Waals surface area contributed by atoms with Crippen molar-refractivity contribution in [3.05, 3.63) is 42.2 Å². The van der Waals surface area contributed by atoms with Crippen molar-refractivity contribution in [2.24, 2.45) is 11.8 Å². The highest BCUT2D eigenvalue weighted by Crippen LogP contribution is 2.31. The van der Waals surface area contributed by atoms with E-state index >= 15 is 0 Å². The molecule has 1 aliphatic carbocycles. The molecule has 7 nitrogen and oxygen atoms in total. The Morgan fingerprint density at radius 1 is 1.21 bits per heavy atom. The molecule has 2 aromatic rings. The van der Waals surface area contributed by atoms with Crippen LogP contribution in [0.15, 0.2) is 36.5 Å². The maximum atomic E-state index is 12.2. The summed E-state index contributed by atoms with van der Waals surface area (Å²) in [4.78, 5) is 24.9. The summed E-state index contributed by atoms with van der Waals surface area (Å²) in [5.41, 5.74) is 1.66. The highest BCUT2D eigenvalue weighted by Gasteiger charge is 2.37. The van der Waals surface area contributed by atoms with Gasteiger partial charge in [0.05, 0.1) is 29.4 Å². The van der Waals surface area contributed by atoms with Gasteiger partial charge in [-0.1, -0.05) is 24.6 Å². The minimum atomic E-state index is -0.876. The lowest BCUT2D eigenvalue weighted by Crippen LogP contribution is -2.36. The normalized spacial score (nSPS) is 20.0. The van der Waals surface area contributed by atoms with Gasteiger partial charge in [-0.2, -0.15) is 15.0 Å². The fourth-order valence-electron chi connectivity index (χ4n) is 3.11. The number of nitrogens with zero attached hydrogens (tertiary/aromatic N) is 3. The zero-order valence-electron chi connectivity index (χ0n) is 13.3. The van der Waals surface area contributed by atoms with Crippen LogP contribution in [0, 0.1) is 11.8 Å². The molecular formula is C17H20N4O3. The number of carboxylic acid groups (broad SMARTS) is 1. The van der Waals surface area contributed by atoms with Gasteiger partial charge in [-0.15, -0.1) is 0 Å². The SMILES string of the molecule is O=C(NCCc1cnn(-c2ccccc2)n1)[C@H]1CCC[C@H]1C(=O)O. The number of hydrogen-bond donors (Lipinski definition) is 2. The second kappa shape index (κ2) is 7.25. The summed E-state index contributed by atoms with van der Waals surface area (Å²) in [6, 6.07) is 9.59. The number of para-hydroxylation sites is 1. The van der Waals surface area contributed by atoms with Crippen LogP contribution in [0.4, 0.5) is 0 Å². The van der Waals surface area contributed by atoms with Gasteiger partial charge in [-0.3, -0.25) is 9.59 Å². The quantitative estimate of drug-likeness (QED) is 0.836. The van der Waals surface area contributed by atoms with Crippen molar-refractivity contribution in [2.75, 3.05) is 6.54 Å². The number of rotatable bonds is 6. The van der Waals surface area contributed by atoms with Gasteiger partial charge in [0.2, 0.25) is 5.91 Å². The van der Waals surface area contributed by atoms with Crippen LogP contribution in [-0.4, -0.2) is 38.5 Å². The van der Waals surface area contributed by atoms with E-state index in [0.717, 1.165) is 17.8 Å². The van der Waals surface area contributed by atoms with Crippen LogP contribution < -0.4 is 5.32 Å². The van der Waals surface area contributed by atoms with Crippen LogP contribution in [0.2, 0.25) is 0 Å². The predicted molar refractivity (Wildman–Crippen MR) is 86.5 cm³/mol. The van der Waals surface area contributed by atoms with Gasteiger partial charge < -0.3 is 10.4 Å². The molecule has 0 unspecified atom stereocenters. The lowest BCUT2D eigenvalue weighted by atomic mass is 9.95. The molecule has 1 heterocycles. The molecule has 7 heteroatoms. The number of benzene rings is 1. The molecule has 1 fully saturated rings. The van der Waals surface area contributed by atoms with Gasteiger partial charge >= 0.3 is 5.97 Å². The van der Waals surface area contributed by atoms with Crippen molar-refractivity contribution in [1.29, 1.82) is 0 Å². The van der Waals surface area contributed by atoms with Crippen LogP contribution in [0.1, 0.15) is 25.0 Å². The zero-order chi connectivity index (χ0) is 16.9. The Morgan fingerprint density at radius 3 is 2.71 bits per heavy atom. The van der Waals surface area contributed by atoms with E-state index < -0.39 is 17.8 Å². The van der Waals surface area contributed by atoms with Gasteiger partial charge in [0.25, 0.3) is 0 Å². The minimum absolute atomic E-state index is 0.171. The largest absolute Gasteiger partial charge is 0.481 e. The monoisotopic (exact) mass is 328 g/mol. The Labute approximate surface area is 139 Å². The van der Waals surface area contributed by atoms with Crippen molar-refractivity contribution in [3.8, 4) is 5.69 Å². The molecule has 1 saturated carbocycles. The molecule has 0 spiro atoms. The zero-order valence-corrected chi connectivity index (χ0v) is 13.3. The first-order chi connectivity index (χ1) is 11.6. The van der Waals surface area contributed by atoms with E-state index in [4.69, 9.17) is 5.11 Å². The Balaban J connectivity index is 1.51. The third-order valence-electron chi connectivity index (χ3n) is 4.38. The van der Waals surface area contributed by atoms with Crippen molar-refractivity contribution in [2.45, 2.75) is 25.7 Å². The standard InChI is InChI=1S/C17H20N4O3/c22-16(14-7-4-8-15(14)17(23)24)18-10-9-12-11-19-21(20-12)13-5-2-1-3-6-13/h1-3,5-6,11,14-15H,4,7-10H2,(H,18,22)(H,23,24)/t14-,15+/m0/s1. The van der Waals surface area contributed by atoms with E-state index in [0.29, 0.717) is 25.8 Å². The number of aliphatic carboxylic acids is 1. The van der Waals surface area contributed by atoms with E-state index in [-0.39, 0.29) is 5.91 Å². The number of carboxylic acids is 1. The molecule has 24 heavy (non-hydrogen) atoms. The summed E-state index contributed by atoms with van der Waals surface area (Å²) in [5, 5.41) is 20.6. The van der Waals surface area contributed by atoms with Crippen LogP contribution in [0.25, 0.3) is 5.69 Å². The summed E-state index contributed by atoms with van der Waals surface area (Å²) < 4.78 is 0. The first-order valence-corrected chi connectivity index (χ1v) is 8.12. The third kappa shape index (κ3) is 3.61. The Hall–Kier alpha value is -2.70. The highest BCUT2D eigenvalue weighted by molar-refractivity contribution is 5.85. The van der Waals surface area contributed by atoms with Gasteiger partial charge in [0, 0.05) is 13.0 Å². The van der Waals surface area contributed by atoms with E-state index in [1.165, 1.54) is 0 Å². The molecule has 0 aliphatic heterocycles. The van der Waals surface area contributed by atoms with Gasteiger partial charge in [0.1, 0.15) is 0 Å². The fourth-order valence-corrected chi connectivity index (χ4v) is 3.11. The van der Waals surface area contributed by atoms with Crippen molar-refractivity contribution in [3.63, 3.8) is 0 Å². The Kier molecular flexibility index (Phi) is 4.88. The smallest absolute Gasteiger partial charge is 0.307 e. The molecule has 1 aromatic carbocycles. The third-order valence-corrected chi connectivity index (χ3v) is 4.38. The molecule has 0 saturated heterocycles. The maximum Gasteiger partial charge on any atom is 0.307 e. The summed E-state index contributed by atoms with van der Waals surface area (Å²) in [5.74, 6) is -2.01. The maximum absolute atomic E-state index is 12.2. The number of hydrogen-bond acceptors (Lipinski definition) is 4. The average Bonchev–Trinajstić information content (AvgIpc) is 3.25. The Morgan fingerprint density at radius 2 is 1.96 bits per heavy atom. The highest BCUT2D eigenvalue weighted by atomic mass is 16.4. The molecular weight excluding hydrogens is 308 g/mol. The van der Waals surface area contributed by atoms with Gasteiger partial charge in [-0.25, -0.2) is 0 Å². The molecule has 126 valence electrons. The van der Waals surface area contributed by atoms with Gasteiger partial charge in [0.15, 0.2) is 0 Å². The molecule has 1 aliphatic rings. The lowest BCUT2D eigenvalue weighted by Gasteiger charge is -2.15. The lowest BCUT2D eigenvalue weighted by molar-refractivity contribution is -0.146. The number of carbonyl (C=O) groups is 2. The molecule has 0 bridgehead atoms. The summed E-state index contributed by atoms with van der Waals surface area (Å²) in [7, 11) is 0. The second-order valence-corrected chi connectivity index (χ2v) is 5.98. The first kappa shape index (κ1) is 16.2. The second-order valence-electron chi connectivity index (χ2n) is 5.98. The van der Waals surface area contributed by atoms with Crippen LogP contribution in [0.5, 0.6) is 0 Å². The summed E-state index contributed by atoms with van der Waals surface area (Å²) in [6.07, 6.45) is 4.25. The minimum Gasteiger partial charge on any atom is -0.481 e. The number of aromatic nitrogens is 3. The summed E-state index contributed by atoms with van der Waals surface area (Å²) >= 11 is 0. The van der Waals surface area contributed by atoms with E-state index in [1.807, 2.05) is 30.3 Å². The molecule has 0 radical (unpaired) electrons. The average molecular weight is 328 g/mol. The van der Waals surface area contributed by atoms with Crippen molar-refractivity contribution < 1.29 is 14.7 Å². The number of carbonyl (C=O) groups excluding carboxylic acids is 1. The van der Waals surface area contributed by atoms with Crippen LogP contribution in [-0.2, 0) is 16.0 Å². The fraction of sp³-hybridized carbons (Fsp3) is 0.412. The molecule has 1 aromatic heterocycles. The Bertz CT molecular complexity index is 714. The first-order valence-electron chi connectivity index (χ1n) is 8.12. The number of amides is 1. The van der Waals surface area contributed by atoms with Gasteiger partial charge in [-0.05, 0) is 25.0 Å². The van der Waals surface area contributed by atoms with E-state index in [1.54, 1.807) is 11.0 Å². The summed E-state index contributed by atoms with van der Waals surface area (Å²) in [6.45, 7) is 0.426. The van der Waals surface area contributed by atoms with Crippen LogP contribution >= 0.6 is 0 Å². The molecule has 2 N–H and O–H groups in total. The van der Waals surface area contributed by atoms with Crippen molar-refractivity contribution >= 4 is 11.9 Å². The topological polar surface area (TPSA) is 97.1 Å². The van der Waals surface area contributed by atoms with Crippen molar-refractivity contribution in [1.82, 2.24) is 20.3 Å². The number of nitrogens with one attached hydrogen (secondary N) is 1. The molecule has 2 atom stereocenters. The predicted octanol–water partition coefficient (Wildman–Crippen LogP) is 1.43. The van der Waals surface area contributed by atoms with Crippen LogP contribution in [0.3, 0.4) is 0 Å². The van der Waals surface area contributed by atoms with E-state index in [9.17, 15) is 9.59 Å². The van der Waals surface area contributed by atoms with E-state index in [2.05, 4.69) is 15.5 Å².